The fraction of sp³-hybridized carbons (Fsp3) is 0.467. The molecule has 6 heteroatoms. The molecular formula is C15H20N4OS. The van der Waals surface area contributed by atoms with Crippen LogP contribution in [0.2, 0.25) is 0 Å². The highest BCUT2D eigenvalue weighted by atomic mass is 32.2. The molecule has 0 bridgehead atoms. The second-order valence-corrected chi connectivity index (χ2v) is 5.79. The Bertz CT molecular complexity index is 516. The van der Waals surface area contributed by atoms with E-state index in [1.165, 1.54) is 24.6 Å². The van der Waals surface area contributed by atoms with Crippen LogP contribution in [0.4, 0.5) is 0 Å². The second-order valence-electron chi connectivity index (χ2n) is 4.85. The Morgan fingerprint density at radius 3 is 2.76 bits per heavy atom. The van der Waals surface area contributed by atoms with Crippen LogP contribution in [-0.4, -0.2) is 28.2 Å². The molecule has 0 aliphatic carbocycles. The summed E-state index contributed by atoms with van der Waals surface area (Å²) >= 11 is 1.51. The topological polar surface area (TPSA) is 57.4 Å². The highest BCUT2D eigenvalue weighted by Crippen LogP contribution is 2.21. The van der Waals surface area contributed by atoms with Gasteiger partial charge in [0.15, 0.2) is 0 Å². The van der Waals surface area contributed by atoms with Crippen LogP contribution in [0.1, 0.15) is 38.2 Å². The van der Waals surface area contributed by atoms with Crippen LogP contribution in [-0.2, 0) is 0 Å². The number of thioether (sulfide) groups is 1. The van der Waals surface area contributed by atoms with Gasteiger partial charge in [0.05, 0.1) is 11.0 Å². The smallest absolute Gasteiger partial charge is 0.209 e. The molecule has 21 heavy (non-hydrogen) atoms. The Balaban J connectivity index is 2.10. The SMILES string of the molecule is CCCCCCN1N=C(c2ccccc2)CS/C1=N/N=O. The van der Waals surface area contributed by atoms with Crippen LogP contribution >= 0.6 is 11.8 Å². The van der Waals surface area contributed by atoms with Gasteiger partial charge in [0, 0.05) is 12.3 Å². The number of unbranched alkanes of at least 4 members (excludes halogenated alkanes) is 3. The third-order valence-corrected chi connectivity index (χ3v) is 4.23. The molecule has 2 rings (SSSR count). The molecule has 1 aromatic carbocycles. The Hall–Kier alpha value is -1.69. The molecule has 1 aliphatic heterocycles. The van der Waals surface area contributed by atoms with E-state index in [2.05, 4.69) is 34.5 Å². The first-order valence-electron chi connectivity index (χ1n) is 7.28. The van der Waals surface area contributed by atoms with Crippen molar-refractivity contribution in [1.29, 1.82) is 0 Å². The van der Waals surface area contributed by atoms with Gasteiger partial charge >= 0.3 is 0 Å². The van der Waals surface area contributed by atoms with Gasteiger partial charge in [-0.05, 0) is 12.0 Å². The van der Waals surface area contributed by atoms with Crippen molar-refractivity contribution in [3.8, 4) is 0 Å². The second kappa shape index (κ2) is 8.56. The summed E-state index contributed by atoms with van der Waals surface area (Å²) in [5, 5.41) is 13.4. The minimum atomic E-state index is 0.598. The molecule has 0 unspecified atom stereocenters. The Morgan fingerprint density at radius 1 is 1.24 bits per heavy atom. The molecule has 0 saturated carbocycles. The van der Waals surface area contributed by atoms with Crippen molar-refractivity contribution in [1.82, 2.24) is 5.01 Å². The predicted octanol–water partition coefficient (Wildman–Crippen LogP) is 4.06. The summed E-state index contributed by atoms with van der Waals surface area (Å²) in [7, 11) is 0. The van der Waals surface area contributed by atoms with E-state index in [1.807, 2.05) is 23.2 Å². The van der Waals surface area contributed by atoms with Crippen molar-refractivity contribution < 1.29 is 0 Å². The summed E-state index contributed by atoms with van der Waals surface area (Å²) in [6.07, 6.45) is 4.62. The number of hydrogen-bond donors (Lipinski definition) is 0. The van der Waals surface area contributed by atoms with Crippen LogP contribution in [0.3, 0.4) is 0 Å². The molecule has 0 fully saturated rings. The standard InChI is InChI=1S/C15H20N4OS/c1-2-3-4-8-11-19-15(16-18-20)21-12-14(17-19)13-9-6-5-7-10-13/h5-7,9-10H,2-4,8,11-12H2,1H3/b16-15+. The van der Waals surface area contributed by atoms with Gasteiger partial charge in [-0.2, -0.15) is 5.10 Å². The summed E-state index contributed by atoms with van der Waals surface area (Å²) in [5.74, 6) is 0.712. The normalized spacial score (nSPS) is 16.9. The average molecular weight is 304 g/mol. The zero-order chi connectivity index (χ0) is 14.9. The van der Waals surface area contributed by atoms with Gasteiger partial charge in [-0.3, -0.25) is 0 Å². The van der Waals surface area contributed by atoms with Crippen LogP contribution < -0.4 is 0 Å². The summed E-state index contributed by atoms with van der Waals surface area (Å²) in [4.78, 5) is 10.4. The zero-order valence-corrected chi connectivity index (χ0v) is 13.1. The van der Waals surface area contributed by atoms with Crippen molar-refractivity contribution in [3.05, 3.63) is 40.8 Å². The number of nitrogens with zero attached hydrogens (tertiary/aromatic N) is 4. The number of rotatable bonds is 7. The van der Waals surface area contributed by atoms with E-state index in [9.17, 15) is 4.91 Å². The van der Waals surface area contributed by atoms with E-state index in [1.54, 1.807) is 0 Å². The summed E-state index contributed by atoms with van der Waals surface area (Å²) in [5.41, 5.74) is 2.13. The number of hydrogen-bond acceptors (Lipinski definition) is 4. The van der Waals surface area contributed by atoms with Crippen LogP contribution in [0.25, 0.3) is 0 Å². The lowest BCUT2D eigenvalue weighted by Gasteiger charge is -2.25. The first-order chi connectivity index (χ1) is 10.3. The lowest BCUT2D eigenvalue weighted by molar-refractivity contribution is 0.427. The van der Waals surface area contributed by atoms with Gasteiger partial charge < -0.3 is 0 Å². The van der Waals surface area contributed by atoms with Crippen LogP contribution in [0.5, 0.6) is 0 Å². The summed E-state index contributed by atoms with van der Waals surface area (Å²) in [6, 6.07) is 10.1. The molecule has 5 nitrogen and oxygen atoms in total. The van der Waals surface area contributed by atoms with Crippen molar-refractivity contribution in [2.75, 3.05) is 12.3 Å². The van der Waals surface area contributed by atoms with Crippen LogP contribution in [0, 0.1) is 4.91 Å². The molecular weight excluding hydrogens is 284 g/mol. The molecule has 112 valence electrons. The van der Waals surface area contributed by atoms with Gasteiger partial charge in [0.25, 0.3) is 0 Å². The van der Waals surface area contributed by atoms with E-state index in [4.69, 9.17) is 0 Å². The third-order valence-electron chi connectivity index (χ3n) is 3.26. The average Bonchev–Trinajstić information content (AvgIpc) is 2.54. The minimum Gasteiger partial charge on any atom is -0.241 e. The molecule has 0 N–H and O–H groups in total. The largest absolute Gasteiger partial charge is 0.241 e. The van der Waals surface area contributed by atoms with Gasteiger partial charge in [-0.1, -0.05) is 73.4 Å². The number of benzene rings is 1. The molecule has 0 saturated heterocycles. The maximum atomic E-state index is 10.4. The van der Waals surface area contributed by atoms with Crippen molar-refractivity contribution in [2.24, 2.45) is 15.5 Å². The number of hydrazone groups is 1. The molecule has 0 radical (unpaired) electrons. The van der Waals surface area contributed by atoms with Gasteiger partial charge in [-0.15, -0.1) is 4.91 Å². The Labute approximate surface area is 129 Å². The molecule has 1 heterocycles. The highest BCUT2D eigenvalue weighted by Gasteiger charge is 2.20. The van der Waals surface area contributed by atoms with E-state index < -0.39 is 0 Å². The fourth-order valence-electron chi connectivity index (χ4n) is 2.15. The Morgan fingerprint density at radius 2 is 2.05 bits per heavy atom. The Kier molecular flexibility index (Phi) is 6.40. The lowest BCUT2D eigenvalue weighted by Crippen LogP contribution is -2.31. The van der Waals surface area contributed by atoms with E-state index in [0.717, 1.165) is 30.7 Å². The first kappa shape index (κ1) is 15.7. The van der Waals surface area contributed by atoms with Crippen LogP contribution in [0.15, 0.2) is 45.8 Å². The van der Waals surface area contributed by atoms with Crippen molar-refractivity contribution >= 4 is 22.6 Å². The maximum absolute atomic E-state index is 10.4. The molecule has 1 aromatic rings. The molecule has 0 aromatic heterocycles. The summed E-state index contributed by atoms with van der Waals surface area (Å²) < 4.78 is 0. The maximum Gasteiger partial charge on any atom is 0.209 e. The van der Waals surface area contributed by atoms with E-state index >= 15 is 0 Å². The van der Waals surface area contributed by atoms with Gasteiger partial charge in [0.1, 0.15) is 0 Å². The van der Waals surface area contributed by atoms with Crippen molar-refractivity contribution in [3.63, 3.8) is 0 Å². The molecule has 1 aliphatic rings. The monoisotopic (exact) mass is 304 g/mol. The van der Waals surface area contributed by atoms with Gasteiger partial charge in [-0.25, -0.2) is 5.01 Å². The molecule has 0 amide bonds. The third kappa shape index (κ3) is 4.67. The zero-order valence-electron chi connectivity index (χ0n) is 12.2. The van der Waals surface area contributed by atoms with E-state index in [0.29, 0.717) is 10.9 Å². The highest BCUT2D eigenvalue weighted by molar-refractivity contribution is 8.14. The van der Waals surface area contributed by atoms with Crippen molar-refractivity contribution in [2.45, 2.75) is 32.6 Å². The predicted molar refractivity (Wildman–Crippen MR) is 89.5 cm³/mol. The lowest BCUT2D eigenvalue weighted by atomic mass is 10.1. The number of nitroso groups, excluding NO2 is 1. The summed E-state index contributed by atoms with van der Waals surface area (Å²) in [6.45, 7) is 2.96. The van der Waals surface area contributed by atoms with Gasteiger partial charge in [0.2, 0.25) is 5.17 Å². The molecule has 0 atom stereocenters. The minimum absolute atomic E-state index is 0.598. The first-order valence-corrected chi connectivity index (χ1v) is 8.27. The van der Waals surface area contributed by atoms with E-state index in [-0.39, 0.29) is 0 Å². The quantitative estimate of drug-likeness (QED) is 0.433. The fourth-order valence-corrected chi connectivity index (χ4v) is 3.01. The number of amidine groups is 1. The molecule has 0 spiro atoms.